The number of amides is 1. The molecule has 1 rings (SSSR count). The smallest absolute Gasteiger partial charge is 0.225 e. The van der Waals surface area contributed by atoms with Gasteiger partial charge in [0.1, 0.15) is 0 Å². The van der Waals surface area contributed by atoms with Crippen molar-refractivity contribution >= 4 is 35.6 Å². The largest absolute Gasteiger partial charge is 0.325 e. The highest BCUT2D eigenvalue weighted by atomic mass is 35.5. The Hall–Kier alpha value is -0.770. The van der Waals surface area contributed by atoms with Gasteiger partial charge in [-0.25, -0.2) is 0 Å². The number of rotatable bonds is 4. The van der Waals surface area contributed by atoms with Gasteiger partial charge < -0.3 is 10.6 Å². The van der Waals surface area contributed by atoms with E-state index in [0.717, 1.165) is 5.56 Å². The molecule has 0 aliphatic rings. The van der Waals surface area contributed by atoms with Gasteiger partial charge in [0.2, 0.25) is 5.91 Å². The van der Waals surface area contributed by atoms with Crippen LogP contribution in [0.1, 0.15) is 12.0 Å². The van der Waals surface area contributed by atoms with Gasteiger partial charge in [-0.3, -0.25) is 4.79 Å². The molecule has 2 N–H and O–H groups in total. The molecule has 0 saturated carbocycles. The van der Waals surface area contributed by atoms with E-state index in [1.54, 1.807) is 0 Å². The van der Waals surface area contributed by atoms with E-state index < -0.39 is 0 Å². The Morgan fingerprint density at radius 2 is 2.12 bits per heavy atom. The predicted molar refractivity (Wildman–Crippen MR) is 70.6 cm³/mol. The summed E-state index contributed by atoms with van der Waals surface area (Å²) in [7, 11) is 1.81. The lowest BCUT2D eigenvalue weighted by molar-refractivity contribution is -0.116. The third-order valence-corrected chi connectivity index (χ3v) is 2.31. The van der Waals surface area contributed by atoms with Gasteiger partial charge >= 0.3 is 0 Å². The number of anilines is 1. The molecule has 1 aromatic carbocycles. The summed E-state index contributed by atoms with van der Waals surface area (Å²) in [4.78, 5) is 11.4. The normalized spacial score (nSPS) is 9.44. The second kappa shape index (κ2) is 7.49. The van der Waals surface area contributed by atoms with Gasteiger partial charge in [0.15, 0.2) is 0 Å². The number of halogens is 2. The lowest BCUT2D eigenvalue weighted by Gasteiger charge is -2.07. The highest BCUT2D eigenvalue weighted by Crippen LogP contribution is 2.22. The first-order chi connectivity index (χ1) is 7.13. The molecule has 0 atom stereocenters. The zero-order chi connectivity index (χ0) is 11.3. The van der Waals surface area contributed by atoms with Gasteiger partial charge in [0.25, 0.3) is 0 Å². The molecule has 1 amide bonds. The quantitative estimate of drug-likeness (QED) is 0.876. The first-order valence-corrected chi connectivity index (χ1v) is 5.22. The van der Waals surface area contributed by atoms with Crippen molar-refractivity contribution in [3.63, 3.8) is 0 Å². The van der Waals surface area contributed by atoms with Crippen molar-refractivity contribution in [2.75, 3.05) is 18.9 Å². The monoisotopic (exact) mass is 262 g/mol. The second-order valence-electron chi connectivity index (χ2n) is 3.39. The van der Waals surface area contributed by atoms with E-state index in [1.165, 1.54) is 0 Å². The highest BCUT2D eigenvalue weighted by molar-refractivity contribution is 6.33. The molecule has 16 heavy (non-hydrogen) atoms. The van der Waals surface area contributed by atoms with Crippen LogP contribution in [0.3, 0.4) is 0 Å². The SMILES string of the molecule is CNCCC(=O)Nc1ccc(C)cc1Cl.Cl. The van der Waals surface area contributed by atoms with E-state index in [2.05, 4.69) is 10.6 Å². The van der Waals surface area contributed by atoms with Gasteiger partial charge in [-0.1, -0.05) is 17.7 Å². The van der Waals surface area contributed by atoms with Crippen molar-refractivity contribution in [3.8, 4) is 0 Å². The van der Waals surface area contributed by atoms with Crippen molar-refractivity contribution in [2.24, 2.45) is 0 Å². The summed E-state index contributed by atoms with van der Waals surface area (Å²) >= 11 is 5.98. The number of carbonyl (C=O) groups excluding carboxylic acids is 1. The average molecular weight is 263 g/mol. The Balaban J connectivity index is 0.00000225. The fourth-order valence-corrected chi connectivity index (χ4v) is 1.46. The number of hydrogen-bond acceptors (Lipinski definition) is 2. The van der Waals surface area contributed by atoms with E-state index in [-0.39, 0.29) is 18.3 Å². The average Bonchev–Trinajstić information content (AvgIpc) is 2.19. The summed E-state index contributed by atoms with van der Waals surface area (Å²) in [5.74, 6) is -0.0323. The maximum Gasteiger partial charge on any atom is 0.225 e. The van der Waals surface area contributed by atoms with Crippen LogP contribution in [-0.4, -0.2) is 19.5 Å². The summed E-state index contributed by atoms with van der Waals surface area (Å²) in [6.45, 7) is 2.62. The molecular formula is C11H16Cl2N2O. The summed E-state index contributed by atoms with van der Waals surface area (Å²) in [5, 5.41) is 6.25. The molecule has 0 fully saturated rings. The van der Waals surface area contributed by atoms with Crippen LogP contribution in [-0.2, 0) is 4.79 Å². The molecule has 0 aliphatic carbocycles. The number of hydrogen-bond donors (Lipinski definition) is 2. The second-order valence-corrected chi connectivity index (χ2v) is 3.79. The van der Waals surface area contributed by atoms with Crippen LogP contribution >= 0.6 is 24.0 Å². The number of nitrogens with one attached hydrogen (secondary N) is 2. The molecular weight excluding hydrogens is 247 g/mol. The zero-order valence-electron chi connectivity index (χ0n) is 9.34. The van der Waals surface area contributed by atoms with Crippen molar-refractivity contribution in [1.82, 2.24) is 5.32 Å². The molecule has 90 valence electrons. The van der Waals surface area contributed by atoms with Gasteiger partial charge in [-0.15, -0.1) is 12.4 Å². The van der Waals surface area contributed by atoms with E-state index in [9.17, 15) is 4.79 Å². The molecule has 0 saturated heterocycles. The van der Waals surface area contributed by atoms with Crippen molar-refractivity contribution in [3.05, 3.63) is 28.8 Å². The van der Waals surface area contributed by atoms with Crippen molar-refractivity contribution in [2.45, 2.75) is 13.3 Å². The van der Waals surface area contributed by atoms with E-state index in [0.29, 0.717) is 23.7 Å². The number of carbonyl (C=O) groups is 1. The molecule has 0 aliphatic heterocycles. The van der Waals surface area contributed by atoms with Crippen LogP contribution in [0.25, 0.3) is 0 Å². The third-order valence-electron chi connectivity index (χ3n) is 2.00. The minimum Gasteiger partial charge on any atom is -0.325 e. The molecule has 0 aromatic heterocycles. The van der Waals surface area contributed by atoms with Gasteiger partial charge in [-0.05, 0) is 31.7 Å². The fourth-order valence-electron chi connectivity index (χ4n) is 1.17. The summed E-state index contributed by atoms with van der Waals surface area (Å²) in [6, 6.07) is 5.56. The van der Waals surface area contributed by atoms with Crippen LogP contribution in [0.5, 0.6) is 0 Å². The third kappa shape index (κ3) is 4.84. The van der Waals surface area contributed by atoms with E-state index >= 15 is 0 Å². The molecule has 5 heteroatoms. The van der Waals surface area contributed by atoms with Crippen LogP contribution in [0.2, 0.25) is 5.02 Å². The molecule has 0 bridgehead atoms. The van der Waals surface area contributed by atoms with Crippen LogP contribution < -0.4 is 10.6 Å². The van der Waals surface area contributed by atoms with E-state index in [4.69, 9.17) is 11.6 Å². The van der Waals surface area contributed by atoms with Gasteiger partial charge in [0.05, 0.1) is 10.7 Å². The van der Waals surface area contributed by atoms with Crippen LogP contribution in [0.4, 0.5) is 5.69 Å². The van der Waals surface area contributed by atoms with E-state index in [1.807, 2.05) is 32.2 Å². The topological polar surface area (TPSA) is 41.1 Å². The van der Waals surface area contributed by atoms with Crippen molar-refractivity contribution < 1.29 is 4.79 Å². The van der Waals surface area contributed by atoms with Crippen LogP contribution in [0, 0.1) is 6.92 Å². The van der Waals surface area contributed by atoms with Crippen LogP contribution in [0.15, 0.2) is 18.2 Å². The minimum atomic E-state index is -0.0323. The standard InChI is InChI=1S/C11H15ClN2O.ClH/c1-8-3-4-10(9(12)7-8)14-11(15)5-6-13-2;/h3-4,7,13H,5-6H2,1-2H3,(H,14,15);1H. The number of aryl methyl sites for hydroxylation is 1. The minimum absolute atomic E-state index is 0. The highest BCUT2D eigenvalue weighted by Gasteiger charge is 2.04. The lowest BCUT2D eigenvalue weighted by Crippen LogP contribution is -2.18. The Labute approximate surface area is 107 Å². The summed E-state index contributed by atoms with van der Waals surface area (Å²) in [5.41, 5.74) is 1.75. The Kier molecular flexibility index (Phi) is 7.13. The lowest BCUT2D eigenvalue weighted by atomic mass is 10.2. The molecule has 0 spiro atoms. The fraction of sp³-hybridized carbons (Fsp3) is 0.364. The number of benzene rings is 1. The first-order valence-electron chi connectivity index (χ1n) is 4.84. The van der Waals surface area contributed by atoms with Gasteiger partial charge in [-0.2, -0.15) is 0 Å². The Morgan fingerprint density at radius 1 is 1.44 bits per heavy atom. The molecule has 1 aromatic rings. The predicted octanol–water partition coefficient (Wildman–Crippen LogP) is 2.62. The van der Waals surface area contributed by atoms with Crippen molar-refractivity contribution in [1.29, 1.82) is 0 Å². The Morgan fingerprint density at radius 3 is 2.69 bits per heavy atom. The maximum atomic E-state index is 11.4. The Bertz CT molecular complexity index is 356. The first kappa shape index (κ1) is 15.2. The summed E-state index contributed by atoms with van der Waals surface area (Å²) in [6.07, 6.45) is 0.445. The molecule has 3 nitrogen and oxygen atoms in total. The molecule has 0 radical (unpaired) electrons. The molecule has 0 heterocycles. The maximum absolute atomic E-state index is 11.4. The molecule has 0 unspecified atom stereocenters. The summed E-state index contributed by atoms with van der Waals surface area (Å²) < 4.78 is 0. The van der Waals surface area contributed by atoms with Gasteiger partial charge in [0, 0.05) is 13.0 Å². The zero-order valence-corrected chi connectivity index (χ0v) is 10.9.